The van der Waals surface area contributed by atoms with E-state index in [1.165, 1.54) is 17.6 Å². The van der Waals surface area contributed by atoms with Crippen molar-refractivity contribution in [3.63, 3.8) is 0 Å². The summed E-state index contributed by atoms with van der Waals surface area (Å²) in [4.78, 5) is 12.0. The van der Waals surface area contributed by atoms with Gasteiger partial charge in [0.15, 0.2) is 5.78 Å². The number of ketones is 1. The molecule has 0 unspecified atom stereocenters. The summed E-state index contributed by atoms with van der Waals surface area (Å²) in [6, 6.07) is 0. The van der Waals surface area contributed by atoms with Crippen LogP contribution in [0.5, 0.6) is 0 Å². The lowest BCUT2D eigenvalue weighted by molar-refractivity contribution is -0.128. The van der Waals surface area contributed by atoms with E-state index in [1.54, 1.807) is 0 Å². The molecule has 2 N–H and O–H groups in total. The van der Waals surface area contributed by atoms with Gasteiger partial charge in [-0.05, 0) is 72.7 Å². The summed E-state index contributed by atoms with van der Waals surface area (Å²) in [7, 11) is 0. The Kier molecular flexibility index (Phi) is 4.05. The number of rotatable bonds is 1. The van der Waals surface area contributed by atoms with E-state index in [-0.39, 0.29) is 35.2 Å². The molecule has 138 valence electrons. The average Bonchev–Trinajstić information content (AvgIpc) is 2.86. The van der Waals surface area contributed by atoms with Gasteiger partial charge in [-0.2, -0.15) is 0 Å². The fourth-order valence-electron chi connectivity index (χ4n) is 7.41. The molecule has 0 amide bonds. The standard InChI is InChI=1S/C22H32O3/c1-13-10-16-17-5-4-14(7-9-23)22(17,3)12-19(25)20(16)21(2)8-6-15(24)11-18(13)21/h7,11,13,16-17,19-20,23,25H,4-6,8-10,12H2,1-3H3/b14-7+/t13-,16-,17-,19-,20+,21-,22+/m0/s1. The number of fused-ring (bicyclic) bond motifs is 5. The smallest absolute Gasteiger partial charge is 0.155 e. The molecule has 3 nitrogen and oxygen atoms in total. The van der Waals surface area contributed by atoms with Gasteiger partial charge in [-0.3, -0.25) is 4.79 Å². The summed E-state index contributed by atoms with van der Waals surface area (Å²) in [6.45, 7) is 7.00. The first-order chi connectivity index (χ1) is 11.8. The number of carbonyl (C=O) groups is 1. The summed E-state index contributed by atoms with van der Waals surface area (Å²) in [6.07, 6.45) is 9.23. The van der Waals surface area contributed by atoms with Crippen LogP contribution in [0.15, 0.2) is 23.3 Å². The quantitative estimate of drug-likeness (QED) is 0.714. The van der Waals surface area contributed by atoms with Crippen LogP contribution in [0.2, 0.25) is 0 Å². The van der Waals surface area contributed by atoms with Gasteiger partial charge in [0, 0.05) is 6.42 Å². The third kappa shape index (κ3) is 2.35. The van der Waals surface area contributed by atoms with E-state index in [0.717, 1.165) is 25.7 Å². The van der Waals surface area contributed by atoms with Crippen LogP contribution in [-0.4, -0.2) is 28.7 Å². The molecule has 4 rings (SSSR count). The Morgan fingerprint density at radius 2 is 2.04 bits per heavy atom. The van der Waals surface area contributed by atoms with Gasteiger partial charge >= 0.3 is 0 Å². The molecule has 0 aromatic carbocycles. The zero-order chi connectivity index (χ0) is 18.0. The lowest BCUT2D eigenvalue weighted by Crippen LogP contribution is -2.57. The van der Waals surface area contributed by atoms with Crippen molar-refractivity contribution in [1.82, 2.24) is 0 Å². The van der Waals surface area contributed by atoms with Crippen molar-refractivity contribution in [1.29, 1.82) is 0 Å². The first kappa shape index (κ1) is 17.5. The molecular weight excluding hydrogens is 312 g/mol. The molecular formula is C22H32O3. The highest BCUT2D eigenvalue weighted by Gasteiger charge is 2.61. The largest absolute Gasteiger partial charge is 0.393 e. The van der Waals surface area contributed by atoms with Crippen LogP contribution in [0.4, 0.5) is 0 Å². The van der Waals surface area contributed by atoms with E-state index in [4.69, 9.17) is 0 Å². The summed E-state index contributed by atoms with van der Waals surface area (Å²) < 4.78 is 0. The average molecular weight is 344 g/mol. The normalized spacial score (nSPS) is 50.9. The molecule has 0 spiro atoms. The van der Waals surface area contributed by atoms with Crippen LogP contribution in [0.3, 0.4) is 0 Å². The van der Waals surface area contributed by atoms with Gasteiger partial charge in [0.05, 0.1) is 12.7 Å². The van der Waals surface area contributed by atoms with Gasteiger partial charge in [0.25, 0.3) is 0 Å². The predicted molar refractivity (Wildman–Crippen MR) is 97.8 cm³/mol. The van der Waals surface area contributed by atoms with E-state index in [2.05, 4.69) is 20.8 Å². The van der Waals surface area contributed by atoms with Crippen molar-refractivity contribution in [3.8, 4) is 0 Å². The molecule has 0 heterocycles. The molecule has 7 atom stereocenters. The lowest BCUT2D eigenvalue weighted by atomic mass is 9.45. The Balaban J connectivity index is 1.76. The monoisotopic (exact) mass is 344 g/mol. The number of hydrogen-bond acceptors (Lipinski definition) is 3. The summed E-state index contributed by atoms with van der Waals surface area (Å²) in [5.74, 6) is 2.08. The van der Waals surface area contributed by atoms with E-state index in [1.807, 2.05) is 12.2 Å². The third-order valence-electron chi connectivity index (χ3n) is 8.40. The highest BCUT2D eigenvalue weighted by Crippen LogP contribution is 2.67. The Hall–Kier alpha value is -0.930. The minimum Gasteiger partial charge on any atom is -0.393 e. The minimum atomic E-state index is -0.319. The maximum absolute atomic E-state index is 12.0. The molecule has 0 saturated heterocycles. The Labute approximate surface area is 151 Å². The Morgan fingerprint density at radius 3 is 2.76 bits per heavy atom. The Bertz CT molecular complexity index is 648. The second-order valence-electron chi connectivity index (χ2n) is 9.56. The van der Waals surface area contributed by atoms with Crippen molar-refractivity contribution in [2.45, 2.75) is 65.4 Å². The third-order valence-corrected chi connectivity index (χ3v) is 8.40. The van der Waals surface area contributed by atoms with Gasteiger partial charge in [0.2, 0.25) is 0 Å². The number of hydrogen-bond donors (Lipinski definition) is 2. The fraction of sp³-hybridized carbons (Fsp3) is 0.773. The SMILES string of the molecule is C[C@H]1C[C@@H]2[C@H]([C@@H](O)C[C@]3(C)/C(=C/CO)CC[C@@H]23)[C@@]2(C)CCC(=O)C=C12. The van der Waals surface area contributed by atoms with E-state index >= 15 is 0 Å². The molecule has 0 aromatic heterocycles. The van der Waals surface area contributed by atoms with Crippen molar-refractivity contribution >= 4 is 5.78 Å². The van der Waals surface area contributed by atoms with E-state index in [9.17, 15) is 15.0 Å². The van der Waals surface area contributed by atoms with Crippen LogP contribution in [-0.2, 0) is 4.79 Å². The van der Waals surface area contributed by atoms with Crippen molar-refractivity contribution < 1.29 is 15.0 Å². The second-order valence-corrected chi connectivity index (χ2v) is 9.56. The molecule has 3 fully saturated rings. The summed E-state index contributed by atoms with van der Waals surface area (Å²) >= 11 is 0. The molecule has 4 aliphatic rings. The highest BCUT2D eigenvalue weighted by atomic mass is 16.3. The predicted octanol–water partition coefficient (Wildman–Crippen LogP) is 3.65. The van der Waals surface area contributed by atoms with Crippen LogP contribution in [0.25, 0.3) is 0 Å². The topological polar surface area (TPSA) is 57.5 Å². The molecule has 0 radical (unpaired) electrons. The summed E-state index contributed by atoms with van der Waals surface area (Å²) in [5.41, 5.74) is 2.66. The Morgan fingerprint density at radius 1 is 1.28 bits per heavy atom. The molecule has 25 heavy (non-hydrogen) atoms. The van der Waals surface area contributed by atoms with Crippen molar-refractivity contribution in [2.75, 3.05) is 6.61 Å². The van der Waals surface area contributed by atoms with Crippen LogP contribution in [0, 0.1) is 34.5 Å². The second kappa shape index (κ2) is 5.79. The van der Waals surface area contributed by atoms with Crippen LogP contribution in [0.1, 0.15) is 59.3 Å². The van der Waals surface area contributed by atoms with E-state index < -0.39 is 0 Å². The molecule has 3 heteroatoms. The summed E-state index contributed by atoms with van der Waals surface area (Å²) in [5, 5.41) is 20.7. The first-order valence-corrected chi connectivity index (χ1v) is 10.0. The fourth-order valence-corrected chi connectivity index (χ4v) is 7.41. The molecule has 0 aromatic rings. The zero-order valence-corrected chi connectivity index (χ0v) is 15.8. The molecule has 3 saturated carbocycles. The zero-order valence-electron chi connectivity index (χ0n) is 15.8. The van der Waals surface area contributed by atoms with Gasteiger partial charge in [-0.1, -0.05) is 38.0 Å². The molecule has 0 bridgehead atoms. The van der Waals surface area contributed by atoms with Gasteiger partial charge in [0.1, 0.15) is 0 Å². The first-order valence-electron chi connectivity index (χ1n) is 10.0. The van der Waals surface area contributed by atoms with Crippen LogP contribution >= 0.6 is 0 Å². The van der Waals surface area contributed by atoms with Gasteiger partial charge in [-0.15, -0.1) is 0 Å². The van der Waals surface area contributed by atoms with Crippen molar-refractivity contribution in [2.24, 2.45) is 34.5 Å². The van der Waals surface area contributed by atoms with Gasteiger partial charge in [-0.25, -0.2) is 0 Å². The molecule has 0 aliphatic heterocycles. The molecule has 4 aliphatic carbocycles. The van der Waals surface area contributed by atoms with Gasteiger partial charge < -0.3 is 10.2 Å². The lowest BCUT2D eigenvalue weighted by Gasteiger charge is -2.60. The number of allylic oxidation sites excluding steroid dienone is 2. The van der Waals surface area contributed by atoms with Crippen molar-refractivity contribution in [3.05, 3.63) is 23.3 Å². The highest BCUT2D eigenvalue weighted by molar-refractivity contribution is 5.91. The maximum atomic E-state index is 12.0. The van der Waals surface area contributed by atoms with E-state index in [0.29, 0.717) is 24.2 Å². The maximum Gasteiger partial charge on any atom is 0.155 e. The number of aliphatic hydroxyl groups is 2. The number of aliphatic hydroxyl groups excluding tert-OH is 2. The van der Waals surface area contributed by atoms with Crippen LogP contribution < -0.4 is 0 Å². The minimum absolute atomic E-state index is 0.0273. The number of carbonyl (C=O) groups excluding carboxylic acids is 1.